The maximum absolute atomic E-state index is 9.98. The molecule has 2 aromatic rings. The molecule has 1 saturated carbocycles. The smallest absolute Gasteiger partial charge is 0.0913 e. The molecule has 0 aliphatic heterocycles. The van der Waals surface area contributed by atoms with Gasteiger partial charge in [-0.1, -0.05) is 17.7 Å². The van der Waals surface area contributed by atoms with E-state index in [0.717, 1.165) is 29.3 Å². The number of fused-ring (bicyclic) bond motifs is 1. The monoisotopic (exact) mass is 207 g/mol. The molecule has 2 nitrogen and oxygen atoms in total. The fourth-order valence-corrected chi connectivity index (χ4v) is 2.25. The first-order valence-corrected chi connectivity index (χ1v) is 5.07. The minimum Gasteiger partial charge on any atom is -0.385 e. The Morgan fingerprint density at radius 2 is 2.07 bits per heavy atom. The molecule has 0 unspecified atom stereocenters. The van der Waals surface area contributed by atoms with Gasteiger partial charge in [-0.25, -0.2) is 0 Å². The van der Waals surface area contributed by atoms with Gasteiger partial charge < -0.3 is 10.1 Å². The van der Waals surface area contributed by atoms with E-state index >= 15 is 0 Å². The molecule has 1 heterocycles. The summed E-state index contributed by atoms with van der Waals surface area (Å²) < 4.78 is 0. The van der Waals surface area contributed by atoms with Crippen LogP contribution in [-0.2, 0) is 5.60 Å². The SMILES string of the molecule is OC1(c2ccc3[nH]ccc3c2Cl)CC1. The molecule has 3 rings (SSSR count). The third-order valence-electron chi connectivity index (χ3n) is 2.89. The van der Waals surface area contributed by atoms with Crippen molar-refractivity contribution < 1.29 is 5.11 Å². The molecule has 2 N–H and O–H groups in total. The molecule has 0 saturated heterocycles. The Kier molecular flexibility index (Phi) is 1.50. The van der Waals surface area contributed by atoms with Gasteiger partial charge >= 0.3 is 0 Å². The average molecular weight is 208 g/mol. The van der Waals surface area contributed by atoms with Crippen molar-refractivity contribution in [3.05, 3.63) is 35.0 Å². The topological polar surface area (TPSA) is 36.0 Å². The molecule has 1 fully saturated rings. The first-order chi connectivity index (χ1) is 6.71. The molecule has 0 radical (unpaired) electrons. The summed E-state index contributed by atoms with van der Waals surface area (Å²) >= 11 is 6.23. The molecular formula is C11H10ClNO. The van der Waals surface area contributed by atoms with Crippen LogP contribution < -0.4 is 0 Å². The number of hydrogen-bond acceptors (Lipinski definition) is 1. The summed E-state index contributed by atoms with van der Waals surface area (Å²) in [5.74, 6) is 0. The van der Waals surface area contributed by atoms with Gasteiger partial charge in [-0.3, -0.25) is 0 Å². The van der Waals surface area contributed by atoms with E-state index < -0.39 is 5.60 Å². The molecule has 0 amide bonds. The summed E-state index contributed by atoms with van der Waals surface area (Å²) in [5, 5.41) is 11.7. The third kappa shape index (κ3) is 1.01. The predicted molar refractivity (Wildman–Crippen MR) is 56.4 cm³/mol. The quantitative estimate of drug-likeness (QED) is 0.741. The maximum atomic E-state index is 9.98. The Hall–Kier alpha value is -0.990. The Bertz CT molecular complexity index is 499. The van der Waals surface area contributed by atoms with Gasteiger partial charge in [0, 0.05) is 22.7 Å². The van der Waals surface area contributed by atoms with Crippen molar-refractivity contribution in [1.29, 1.82) is 0 Å². The lowest BCUT2D eigenvalue weighted by Crippen LogP contribution is -2.04. The van der Waals surface area contributed by atoms with E-state index in [2.05, 4.69) is 4.98 Å². The number of aromatic amines is 1. The summed E-state index contributed by atoms with van der Waals surface area (Å²) in [5.41, 5.74) is 1.23. The number of aromatic nitrogens is 1. The van der Waals surface area contributed by atoms with Crippen LogP contribution in [0.1, 0.15) is 18.4 Å². The summed E-state index contributed by atoms with van der Waals surface area (Å²) in [6, 6.07) is 5.81. The zero-order valence-corrected chi connectivity index (χ0v) is 8.30. The number of H-pyrrole nitrogens is 1. The fourth-order valence-electron chi connectivity index (χ4n) is 1.84. The van der Waals surface area contributed by atoms with Crippen LogP contribution in [0.5, 0.6) is 0 Å². The normalized spacial score (nSPS) is 18.7. The zero-order chi connectivity index (χ0) is 9.76. The molecule has 1 aromatic heterocycles. The van der Waals surface area contributed by atoms with Crippen molar-refractivity contribution in [2.75, 3.05) is 0 Å². The molecular weight excluding hydrogens is 198 g/mol. The number of hydrogen-bond donors (Lipinski definition) is 2. The summed E-state index contributed by atoms with van der Waals surface area (Å²) in [6.07, 6.45) is 3.50. The minimum absolute atomic E-state index is 0.650. The second kappa shape index (κ2) is 2.53. The van der Waals surface area contributed by atoms with Crippen LogP contribution in [0.25, 0.3) is 10.9 Å². The Morgan fingerprint density at radius 3 is 2.79 bits per heavy atom. The minimum atomic E-state index is -0.650. The molecule has 3 heteroatoms. The van der Waals surface area contributed by atoms with Crippen LogP contribution in [0.2, 0.25) is 5.02 Å². The van der Waals surface area contributed by atoms with Gasteiger partial charge in [-0.2, -0.15) is 0 Å². The van der Waals surface area contributed by atoms with Crippen LogP contribution >= 0.6 is 11.6 Å². The Morgan fingerprint density at radius 1 is 1.29 bits per heavy atom. The molecule has 0 atom stereocenters. The van der Waals surface area contributed by atoms with Gasteiger partial charge in [-0.15, -0.1) is 0 Å². The lowest BCUT2D eigenvalue weighted by atomic mass is 10.1. The van der Waals surface area contributed by atoms with Crippen molar-refractivity contribution in [3.8, 4) is 0 Å². The highest BCUT2D eigenvalue weighted by atomic mass is 35.5. The van der Waals surface area contributed by atoms with E-state index in [1.807, 2.05) is 24.4 Å². The first-order valence-electron chi connectivity index (χ1n) is 4.69. The number of nitrogens with one attached hydrogen (secondary N) is 1. The van der Waals surface area contributed by atoms with Crippen molar-refractivity contribution >= 4 is 22.5 Å². The molecule has 1 aliphatic rings. The molecule has 0 spiro atoms. The van der Waals surface area contributed by atoms with E-state index in [-0.39, 0.29) is 0 Å². The van der Waals surface area contributed by atoms with E-state index in [9.17, 15) is 5.11 Å². The van der Waals surface area contributed by atoms with Crippen LogP contribution in [0.3, 0.4) is 0 Å². The van der Waals surface area contributed by atoms with Crippen molar-refractivity contribution in [1.82, 2.24) is 4.98 Å². The summed E-state index contributed by atoms with van der Waals surface area (Å²) in [6.45, 7) is 0. The highest BCUT2D eigenvalue weighted by Gasteiger charge is 2.43. The number of rotatable bonds is 1. The predicted octanol–water partition coefficient (Wildman–Crippen LogP) is 2.80. The van der Waals surface area contributed by atoms with Crippen LogP contribution in [-0.4, -0.2) is 10.1 Å². The largest absolute Gasteiger partial charge is 0.385 e. The van der Waals surface area contributed by atoms with Gasteiger partial charge in [0.2, 0.25) is 0 Å². The molecule has 72 valence electrons. The van der Waals surface area contributed by atoms with Gasteiger partial charge in [0.05, 0.1) is 10.6 Å². The van der Waals surface area contributed by atoms with Gasteiger partial charge in [0.15, 0.2) is 0 Å². The van der Waals surface area contributed by atoms with Crippen LogP contribution in [0.4, 0.5) is 0 Å². The first kappa shape index (κ1) is 8.33. The van der Waals surface area contributed by atoms with Crippen molar-refractivity contribution in [2.24, 2.45) is 0 Å². The third-order valence-corrected chi connectivity index (χ3v) is 3.30. The fraction of sp³-hybridized carbons (Fsp3) is 0.273. The summed E-state index contributed by atoms with van der Waals surface area (Å²) in [4.78, 5) is 3.09. The lowest BCUT2D eigenvalue weighted by molar-refractivity contribution is 0.152. The Balaban J connectivity index is 2.30. The summed E-state index contributed by atoms with van der Waals surface area (Å²) in [7, 11) is 0. The zero-order valence-electron chi connectivity index (χ0n) is 7.55. The number of benzene rings is 1. The highest BCUT2D eigenvalue weighted by Crippen LogP contribution is 2.49. The van der Waals surface area contributed by atoms with E-state index in [0.29, 0.717) is 5.02 Å². The molecule has 0 bridgehead atoms. The lowest BCUT2D eigenvalue weighted by Gasteiger charge is -2.10. The van der Waals surface area contributed by atoms with E-state index in [1.54, 1.807) is 0 Å². The van der Waals surface area contributed by atoms with E-state index in [1.165, 1.54) is 0 Å². The van der Waals surface area contributed by atoms with Crippen molar-refractivity contribution in [2.45, 2.75) is 18.4 Å². The second-order valence-electron chi connectivity index (χ2n) is 3.90. The van der Waals surface area contributed by atoms with E-state index in [4.69, 9.17) is 11.6 Å². The van der Waals surface area contributed by atoms with Crippen LogP contribution in [0.15, 0.2) is 24.4 Å². The maximum Gasteiger partial charge on any atom is 0.0913 e. The van der Waals surface area contributed by atoms with Gasteiger partial charge in [0.1, 0.15) is 0 Å². The second-order valence-corrected chi connectivity index (χ2v) is 4.28. The van der Waals surface area contributed by atoms with Crippen molar-refractivity contribution in [3.63, 3.8) is 0 Å². The Labute approximate surface area is 86.5 Å². The molecule has 14 heavy (non-hydrogen) atoms. The average Bonchev–Trinajstić information content (AvgIpc) is 2.75. The molecule has 1 aliphatic carbocycles. The van der Waals surface area contributed by atoms with Crippen LogP contribution in [0, 0.1) is 0 Å². The standard InChI is InChI=1S/C11H10ClNO/c12-10-7-3-6-13-9(7)2-1-8(10)11(14)4-5-11/h1-3,6,13-14H,4-5H2. The number of aliphatic hydroxyl groups is 1. The van der Waals surface area contributed by atoms with Gasteiger partial charge in [-0.05, 0) is 25.0 Å². The van der Waals surface area contributed by atoms with Gasteiger partial charge in [0.25, 0.3) is 0 Å². The highest BCUT2D eigenvalue weighted by molar-refractivity contribution is 6.36. The molecule has 1 aromatic carbocycles. The number of halogens is 1.